The lowest BCUT2D eigenvalue weighted by Crippen LogP contribution is -2.36. The van der Waals surface area contributed by atoms with Crippen LogP contribution < -0.4 is 10.6 Å². The van der Waals surface area contributed by atoms with Crippen molar-refractivity contribution in [1.29, 1.82) is 0 Å². The summed E-state index contributed by atoms with van der Waals surface area (Å²) < 4.78 is 0. The van der Waals surface area contributed by atoms with E-state index in [9.17, 15) is 0 Å². The number of guanidine groups is 1. The number of hydrogen-bond donors (Lipinski definition) is 2. The predicted octanol–water partition coefficient (Wildman–Crippen LogP) is 4.29. The number of aromatic nitrogens is 1. The number of piperidine rings is 1. The molecular weight excluding hydrogens is 378 g/mol. The first-order valence-corrected chi connectivity index (χ1v) is 11.5. The van der Waals surface area contributed by atoms with Gasteiger partial charge in [0.25, 0.3) is 0 Å². The van der Waals surface area contributed by atoms with Gasteiger partial charge in [-0.25, -0.2) is 4.98 Å². The van der Waals surface area contributed by atoms with Crippen LogP contribution in [0.25, 0.3) is 0 Å². The Bertz CT molecular complexity index is 782. The highest BCUT2D eigenvalue weighted by Gasteiger charge is 2.17. The molecule has 3 rings (SSSR count). The maximum Gasteiger partial charge on any atom is 0.191 e. The highest BCUT2D eigenvalue weighted by atomic mass is 32.1. The van der Waals surface area contributed by atoms with Crippen LogP contribution in [0, 0.1) is 0 Å². The van der Waals surface area contributed by atoms with E-state index in [0.717, 1.165) is 29.8 Å². The Balaban J connectivity index is 1.44. The van der Waals surface area contributed by atoms with Crippen molar-refractivity contribution < 1.29 is 0 Å². The highest BCUT2D eigenvalue weighted by Crippen LogP contribution is 2.23. The van der Waals surface area contributed by atoms with Crippen LogP contribution in [-0.4, -0.2) is 36.0 Å². The summed E-state index contributed by atoms with van der Waals surface area (Å²) in [6, 6.07) is 8.95. The van der Waals surface area contributed by atoms with Crippen LogP contribution in [0.1, 0.15) is 61.9 Å². The lowest BCUT2D eigenvalue weighted by atomic mass is 9.93. The lowest BCUT2D eigenvalue weighted by Gasteiger charge is -2.26. The van der Waals surface area contributed by atoms with Crippen LogP contribution in [0.15, 0.2) is 34.6 Å². The molecule has 0 saturated carbocycles. The number of thiazole rings is 1. The summed E-state index contributed by atoms with van der Waals surface area (Å²) in [5.74, 6) is 0.801. The Kier molecular flexibility index (Phi) is 7.67. The first kappa shape index (κ1) is 21.8. The first-order valence-electron chi connectivity index (χ1n) is 10.6. The van der Waals surface area contributed by atoms with E-state index in [1.165, 1.54) is 43.5 Å². The minimum Gasteiger partial charge on any atom is -0.352 e. The molecule has 0 unspecified atom stereocenters. The Morgan fingerprint density at radius 2 is 1.69 bits per heavy atom. The molecule has 1 fully saturated rings. The predicted molar refractivity (Wildman–Crippen MR) is 123 cm³/mol. The van der Waals surface area contributed by atoms with Crippen molar-refractivity contribution in [2.24, 2.45) is 4.99 Å². The molecule has 6 heteroatoms. The zero-order valence-electron chi connectivity index (χ0n) is 18.3. The van der Waals surface area contributed by atoms with Gasteiger partial charge in [0.15, 0.2) is 5.96 Å². The van der Waals surface area contributed by atoms with Crippen molar-refractivity contribution in [2.45, 2.75) is 65.1 Å². The third-order valence-electron chi connectivity index (χ3n) is 5.29. The van der Waals surface area contributed by atoms with Crippen LogP contribution in [-0.2, 0) is 25.0 Å². The number of nitrogens with one attached hydrogen (secondary N) is 2. The molecule has 1 aromatic carbocycles. The fourth-order valence-corrected chi connectivity index (χ4v) is 4.40. The summed E-state index contributed by atoms with van der Waals surface area (Å²) in [5.41, 5.74) is 3.90. The summed E-state index contributed by atoms with van der Waals surface area (Å²) in [6.45, 7) is 11.6. The van der Waals surface area contributed by atoms with Gasteiger partial charge < -0.3 is 10.6 Å². The van der Waals surface area contributed by atoms with Gasteiger partial charge in [0, 0.05) is 30.9 Å². The molecule has 0 atom stereocenters. The van der Waals surface area contributed by atoms with E-state index in [1.807, 2.05) is 0 Å². The van der Waals surface area contributed by atoms with Crippen molar-refractivity contribution in [3.8, 4) is 0 Å². The molecule has 0 amide bonds. The van der Waals surface area contributed by atoms with E-state index in [-0.39, 0.29) is 5.41 Å². The largest absolute Gasteiger partial charge is 0.352 e. The zero-order chi connectivity index (χ0) is 20.7. The van der Waals surface area contributed by atoms with Crippen LogP contribution in [0.3, 0.4) is 0 Å². The van der Waals surface area contributed by atoms with Crippen molar-refractivity contribution in [2.75, 3.05) is 20.1 Å². The van der Waals surface area contributed by atoms with Crippen molar-refractivity contribution in [3.05, 3.63) is 51.5 Å². The van der Waals surface area contributed by atoms with E-state index in [0.29, 0.717) is 6.54 Å². The summed E-state index contributed by atoms with van der Waals surface area (Å²) in [5, 5.41) is 10.0. The minimum absolute atomic E-state index is 0.0921. The molecule has 29 heavy (non-hydrogen) atoms. The molecule has 158 valence electrons. The van der Waals surface area contributed by atoms with Crippen LogP contribution in [0.4, 0.5) is 0 Å². The van der Waals surface area contributed by atoms with Gasteiger partial charge in [0.05, 0.1) is 12.2 Å². The monoisotopic (exact) mass is 413 g/mol. The molecule has 1 aromatic heterocycles. The van der Waals surface area contributed by atoms with Crippen molar-refractivity contribution in [1.82, 2.24) is 20.5 Å². The average Bonchev–Trinajstić information content (AvgIpc) is 3.20. The van der Waals surface area contributed by atoms with Gasteiger partial charge in [0.1, 0.15) is 5.01 Å². The molecule has 2 N–H and O–H groups in total. The van der Waals surface area contributed by atoms with Crippen molar-refractivity contribution in [3.63, 3.8) is 0 Å². The molecule has 2 heterocycles. The summed E-state index contributed by atoms with van der Waals surface area (Å²) in [4.78, 5) is 11.6. The molecule has 1 aliphatic heterocycles. The van der Waals surface area contributed by atoms with Gasteiger partial charge in [-0.2, -0.15) is 0 Å². The maximum atomic E-state index is 4.73. The first-order chi connectivity index (χ1) is 13.9. The van der Waals surface area contributed by atoms with E-state index >= 15 is 0 Å². The number of aliphatic imine (C=N–C) groups is 1. The third kappa shape index (κ3) is 6.82. The Morgan fingerprint density at radius 3 is 2.31 bits per heavy atom. The van der Waals surface area contributed by atoms with Crippen LogP contribution in [0.5, 0.6) is 0 Å². The molecule has 2 aromatic rings. The molecule has 1 saturated heterocycles. The fraction of sp³-hybridized carbons (Fsp3) is 0.565. The number of likely N-dealkylation sites (tertiary alicyclic amines) is 1. The third-order valence-corrected chi connectivity index (χ3v) is 6.14. The van der Waals surface area contributed by atoms with Gasteiger partial charge >= 0.3 is 0 Å². The van der Waals surface area contributed by atoms with Crippen LogP contribution >= 0.6 is 11.3 Å². The summed E-state index contributed by atoms with van der Waals surface area (Å²) in [7, 11) is 1.81. The molecule has 0 aliphatic carbocycles. The summed E-state index contributed by atoms with van der Waals surface area (Å²) >= 11 is 1.70. The second-order valence-electron chi connectivity index (χ2n) is 8.81. The standard InChI is InChI=1S/C23H35N5S/c1-23(2,3)20-17-29-21(27-20)15-26-22(24-4)25-14-18-8-10-19(11-9-18)16-28-12-6-5-7-13-28/h8-11,17H,5-7,12-16H2,1-4H3,(H2,24,25,26). The van der Waals surface area contributed by atoms with E-state index in [2.05, 4.69) is 70.9 Å². The molecule has 0 radical (unpaired) electrons. The molecule has 0 bridgehead atoms. The number of nitrogens with zero attached hydrogens (tertiary/aromatic N) is 3. The van der Waals surface area contributed by atoms with Gasteiger partial charge in [-0.15, -0.1) is 11.3 Å². The van der Waals surface area contributed by atoms with Crippen LogP contribution in [0.2, 0.25) is 0 Å². The minimum atomic E-state index is 0.0921. The Labute approximate surface area is 179 Å². The lowest BCUT2D eigenvalue weighted by molar-refractivity contribution is 0.221. The highest BCUT2D eigenvalue weighted by molar-refractivity contribution is 7.09. The molecular formula is C23H35N5S. The SMILES string of the molecule is CN=C(NCc1ccc(CN2CCCCC2)cc1)NCc1nc(C(C)(C)C)cs1. The Hall–Kier alpha value is -1.92. The summed E-state index contributed by atoms with van der Waals surface area (Å²) in [6.07, 6.45) is 4.07. The zero-order valence-corrected chi connectivity index (χ0v) is 19.1. The van der Waals surface area contributed by atoms with Gasteiger partial charge in [-0.3, -0.25) is 9.89 Å². The average molecular weight is 414 g/mol. The second kappa shape index (κ2) is 10.2. The van der Waals surface area contributed by atoms with E-state index in [1.54, 1.807) is 18.4 Å². The van der Waals surface area contributed by atoms with Gasteiger partial charge in [-0.05, 0) is 37.1 Å². The Morgan fingerprint density at radius 1 is 1.03 bits per heavy atom. The quantitative estimate of drug-likeness (QED) is 0.548. The molecule has 1 aliphatic rings. The van der Waals surface area contributed by atoms with Crippen molar-refractivity contribution >= 4 is 17.3 Å². The number of rotatable bonds is 6. The topological polar surface area (TPSA) is 52.6 Å². The fourth-order valence-electron chi connectivity index (χ4n) is 3.44. The van der Waals surface area contributed by atoms with E-state index < -0.39 is 0 Å². The number of hydrogen-bond acceptors (Lipinski definition) is 4. The molecule has 0 spiro atoms. The van der Waals surface area contributed by atoms with Gasteiger partial charge in [-0.1, -0.05) is 51.5 Å². The maximum absolute atomic E-state index is 4.73. The van der Waals surface area contributed by atoms with Gasteiger partial charge in [0.2, 0.25) is 0 Å². The smallest absolute Gasteiger partial charge is 0.191 e. The number of benzene rings is 1. The molecule has 5 nitrogen and oxygen atoms in total. The van der Waals surface area contributed by atoms with E-state index in [4.69, 9.17) is 4.98 Å². The second-order valence-corrected chi connectivity index (χ2v) is 9.75. The normalized spacial score (nSPS) is 16.1.